The number of aromatic nitrogens is 3. The summed E-state index contributed by atoms with van der Waals surface area (Å²) in [6.45, 7) is 6.56. The van der Waals surface area contributed by atoms with Crippen LogP contribution in [0.5, 0.6) is 11.9 Å². The number of nitrogens with two attached hydrogens (primary N) is 1. The number of hydrogen-bond acceptors (Lipinski definition) is 9. The normalized spacial score (nSPS) is 27.3. The molecule has 260 valence electrons. The Labute approximate surface area is 272 Å². The van der Waals surface area contributed by atoms with Gasteiger partial charge in [0.1, 0.15) is 40.9 Å². The Kier molecular flexibility index (Phi) is 7.85. The molecule has 7 rings (SSSR count). The lowest BCUT2D eigenvalue weighted by molar-refractivity contribution is -0.137. The van der Waals surface area contributed by atoms with E-state index < -0.39 is 81.0 Å². The second-order valence-corrected chi connectivity index (χ2v) is 13.3. The van der Waals surface area contributed by atoms with E-state index in [0.29, 0.717) is 64.3 Å². The van der Waals surface area contributed by atoms with Crippen LogP contribution in [-0.2, 0) is 6.18 Å². The molecule has 3 aromatic rings. The Morgan fingerprint density at radius 3 is 2.62 bits per heavy atom. The van der Waals surface area contributed by atoms with Gasteiger partial charge in [-0.2, -0.15) is 23.1 Å². The molecule has 0 bridgehead atoms. The maximum Gasteiger partial charge on any atom is 0.417 e. The molecule has 4 atom stereocenters. The van der Waals surface area contributed by atoms with Crippen LogP contribution in [0.2, 0.25) is 0 Å². The fourth-order valence-corrected chi connectivity index (χ4v) is 8.38. The number of nitrogens with one attached hydrogen (secondary N) is 1. The molecule has 0 spiro atoms. The van der Waals surface area contributed by atoms with Crippen molar-refractivity contribution in [2.75, 3.05) is 43.4 Å². The van der Waals surface area contributed by atoms with Crippen molar-refractivity contribution < 1.29 is 40.2 Å². The molecule has 6 heterocycles. The van der Waals surface area contributed by atoms with E-state index in [1.807, 2.05) is 11.8 Å². The van der Waals surface area contributed by atoms with E-state index in [9.17, 15) is 26.3 Å². The van der Waals surface area contributed by atoms with E-state index in [1.165, 1.54) is 0 Å². The van der Waals surface area contributed by atoms with E-state index in [-0.39, 0.29) is 29.7 Å². The van der Waals surface area contributed by atoms with Gasteiger partial charge in [0.05, 0.1) is 28.4 Å². The third kappa shape index (κ3) is 4.83. The number of rotatable bonds is 6. The summed E-state index contributed by atoms with van der Waals surface area (Å²) in [4.78, 5) is 17.2. The first kappa shape index (κ1) is 32.9. The van der Waals surface area contributed by atoms with Gasteiger partial charge in [0.2, 0.25) is 5.88 Å². The summed E-state index contributed by atoms with van der Waals surface area (Å²) < 4.78 is 115. The van der Waals surface area contributed by atoms with E-state index in [2.05, 4.69) is 15.3 Å². The number of nitrogens with zero attached hydrogens (tertiary/aromatic N) is 5. The van der Waals surface area contributed by atoms with Gasteiger partial charge in [-0.3, -0.25) is 4.90 Å². The molecule has 3 saturated heterocycles. The lowest BCUT2D eigenvalue weighted by Gasteiger charge is -2.49. The third-order valence-corrected chi connectivity index (χ3v) is 10.9. The predicted molar refractivity (Wildman–Crippen MR) is 163 cm³/mol. The van der Waals surface area contributed by atoms with Gasteiger partial charge in [-0.25, -0.2) is 22.5 Å². The van der Waals surface area contributed by atoms with E-state index in [0.717, 1.165) is 6.92 Å². The summed E-state index contributed by atoms with van der Waals surface area (Å²) >= 11 is 0. The van der Waals surface area contributed by atoms with Crippen LogP contribution < -0.4 is 25.4 Å². The number of alkyl halides is 5. The summed E-state index contributed by atoms with van der Waals surface area (Å²) in [5.74, 6) is -2.46. The number of pyridine rings is 1. The fourth-order valence-electron chi connectivity index (χ4n) is 8.38. The number of fused-ring (bicyclic) bond motifs is 3. The average Bonchev–Trinajstić information content (AvgIpc) is 3.59. The van der Waals surface area contributed by atoms with Crippen LogP contribution in [0.1, 0.15) is 57.1 Å². The highest BCUT2D eigenvalue weighted by molar-refractivity contribution is 5.98. The Morgan fingerprint density at radius 2 is 1.92 bits per heavy atom. The lowest BCUT2D eigenvalue weighted by Crippen LogP contribution is -2.67. The van der Waals surface area contributed by atoms with Crippen LogP contribution in [-0.4, -0.2) is 82.3 Å². The highest BCUT2D eigenvalue weighted by atomic mass is 19.4. The van der Waals surface area contributed by atoms with Crippen molar-refractivity contribution in [3.05, 3.63) is 28.8 Å². The van der Waals surface area contributed by atoms with Gasteiger partial charge < -0.3 is 25.4 Å². The molecular weight excluding hydrogens is 647 g/mol. The Morgan fingerprint density at radius 1 is 1.15 bits per heavy atom. The van der Waals surface area contributed by atoms with Crippen molar-refractivity contribution in [3.63, 3.8) is 0 Å². The van der Waals surface area contributed by atoms with Crippen molar-refractivity contribution in [1.82, 2.24) is 25.2 Å². The molecular formula is C32H36F7N7O2. The monoisotopic (exact) mass is 683 g/mol. The maximum atomic E-state index is 16.8. The summed E-state index contributed by atoms with van der Waals surface area (Å²) in [6.07, 6.45) is -5.57. The van der Waals surface area contributed by atoms with Gasteiger partial charge in [0.25, 0.3) is 6.43 Å². The van der Waals surface area contributed by atoms with Crippen LogP contribution >= 0.6 is 0 Å². The minimum Gasteiger partial charge on any atom is -0.471 e. The number of anilines is 2. The summed E-state index contributed by atoms with van der Waals surface area (Å²) in [6, 6.07) is -0.445. The zero-order valence-corrected chi connectivity index (χ0v) is 26.7. The first-order valence-corrected chi connectivity index (χ1v) is 16.1. The molecule has 0 aliphatic carbocycles. The van der Waals surface area contributed by atoms with Gasteiger partial charge in [0.15, 0.2) is 5.82 Å². The van der Waals surface area contributed by atoms with Crippen LogP contribution in [0.4, 0.5) is 42.2 Å². The van der Waals surface area contributed by atoms with Crippen molar-refractivity contribution in [3.8, 4) is 23.1 Å². The number of halogens is 7. The molecule has 1 unspecified atom stereocenters. The lowest BCUT2D eigenvalue weighted by atomic mass is 9.86. The number of benzene rings is 1. The Balaban J connectivity index is 1.43. The SMILES string of the molecule is CCC12CNCCN1c1nc(OC[C@@]34CCCN3[C@H](C(F)F)CC4)nc3c(F)c(-c4cc(N)c(F)c(C)c4C(F)(F)F)nc(c13)O[C@H]2C. The second kappa shape index (κ2) is 11.5. The molecule has 3 N–H and O–H groups in total. The molecule has 4 aliphatic rings. The zero-order chi connectivity index (χ0) is 34.3. The largest absolute Gasteiger partial charge is 0.471 e. The first-order valence-electron chi connectivity index (χ1n) is 16.1. The Bertz CT molecular complexity index is 1780. The number of hydrogen-bond donors (Lipinski definition) is 2. The van der Waals surface area contributed by atoms with Gasteiger partial charge in [0, 0.05) is 25.2 Å². The van der Waals surface area contributed by atoms with E-state index >= 15 is 4.39 Å². The van der Waals surface area contributed by atoms with Gasteiger partial charge in [-0.15, -0.1) is 0 Å². The molecule has 4 aliphatic heterocycles. The number of ether oxygens (including phenoxy) is 2. The predicted octanol–water partition coefficient (Wildman–Crippen LogP) is 5.86. The highest BCUT2D eigenvalue weighted by Crippen LogP contribution is 2.49. The Hall–Kier alpha value is -3.66. The molecule has 9 nitrogen and oxygen atoms in total. The first-order chi connectivity index (χ1) is 22.7. The smallest absolute Gasteiger partial charge is 0.417 e. The van der Waals surface area contributed by atoms with Crippen molar-refractivity contribution >= 4 is 22.4 Å². The zero-order valence-electron chi connectivity index (χ0n) is 26.7. The molecule has 0 amide bonds. The molecule has 2 aromatic heterocycles. The highest BCUT2D eigenvalue weighted by Gasteiger charge is 2.53. The molecule has 1 aromatic carbocycles. The summed E-state index contributed by atoms with van der Waals surface area (Å²) in [5, 5.41) is 3.41. The maximum absolute atomic E-state index is 16.8. The topological polar surface area (TPSA) is 102 Å². The number of nitrogen functional groups attached to an aromatic ring is 1. The molecule has 0 radical (unpaired) electrons. The third-order valence-electron chi connectivity index (χ3n) is 10.9. The van der Waals surface area contributed by atoms with Crippen molar-refractivity contribution in [1.29, 1.82) is 0 Å². The van der Waals surface area contributed by atoms with Gasteiger partial charge in [-0.05, 0) is 64.1 Å². The van der Waals surface area contributed by atoms with E-state index in [4.69, 9.17) is 20.2 Å². The number of piperazine rings is 1. The average molecular weight is 684 g/mol. The van der Waals surface area contributed by atoms with Crippen molar-refractivity contribution in [2.24, 2.45) is 0 Å². The fraction of sp³-hybridized carbons (Fsp3) is 0.594. The van der Waals surface area contributed by atoms with Crippen LogP contribution in [0.3, 0.4) is 0 Å². The van der Waals surface area contributed by atoms with Crippen LogP contribution in [0.25, 0.3) is 22.2 Å². The van der Waals surface area contributed by atoms with E-state index in [1.54, 1.807) is 11.8 Å². The summed E-state index contributed by atoms with van der Waals surface area (Å²) in [5.41, 5.74) is -0.439. The molecule has 48 heavy (non-hydrogen) atoms. The molecule has 0 saturated carbocycles. The minimum absolute atomic E-state index is 0.0348. The second-order valence-electron chi connectivity index (χ2n) is 13.3. The van der Waals surface area contributed by atoms with Crippen LogP contribution in [0.15, 0.2) is 6.07 Å². The van der Waals surface area contributed by atoms with Gasteiger partial charge >= 0.3 is 12.2 Å². The van der Waals surface area contributed by atoms with Crippen LogP contribution in [0, 0.1) is 18.6 Å². The van der Waals surface area contributed by atoms with Crippen molar-refractivity contribution in [2.45, 2.75) is 88.7 Å². The standard InChI is InChI=1S/C32H36F7N7O2/c1-4-31-13-41-9-11-46(31)27-20-25(43-29(44-27)47-14-30-7-5-10-45(30)19(6-8-30)26(35)36)23(34)24(42-28(20)48-16(31)3)17-12-18(40)22(33)15(2)21(17)32(37,38)39/h12,16,19,26,41H,4-11,13-14,40H2,1-3H3/t16-,19-,30-,31?/m0/s1. The summed E-state index contributed by atoms with van der Waals surface area (Å²) in [7, 11) is 0. The van der Waals surface area contributed by atoms with Gasteiger partial charge in [-0.1, -0.05) is 6.92 Å². The quantitative estimate of drug-likeness (QED) is 0.245. The molecule has 3 fully saturated rings. The molecule has 16 heteroatoms. The minimum atomic E-state index is -5.09.